The average molecular weight is 338 g/mol. The number of hydrogen-bond acceptors (Lipinski definition) is 3. The van der Waals surface area contributed by atoms with Gasteiger partial charge in [-0.15, -0.1) is 0 Å². The molecule has 1 aromatic heterocycles. The van der Waals surface area contributed by atoms with Gasteiger partial charge in [0, 0.05) is 8.95 Å². The van der Waals surface area contributed by atoms with Crippen LogP contribution in [0.5, 0.6) is 0 Å². The molecule has 0 saturated heterocycles. The SMILES string of the molecule is Clc1noc(-c2ccc(Br)cc2Br)n1. The summed E-state index contributed by atoms with van der Waals surface area (Å²) in [6.07, 6.45) is 0. The van der Waals surface area contributed by atoms with E-state index < -0.39 is 0 Å². The fourth-order valence-corrected chi connectivity index (χ4v) is 2.31. The van der Waals surface area contributed by atoms with Crippen LogP contribution in [0.15, 0.2) is 31.7 Å². The number of nitrogens with zero attached hydrogens (tertiary/aromatic N) is 2. The summed E-state index contributed by atoms with van der Waals surface area (Å²) in [6.45, 7) is 0. The lowest BCUT2D eigenvalue weighted by Crippen LogP contribution is -1.79. The first-order chi connectivity index (χ1) is 6.66. The molecule has 0 aliphatic carbocycles. The van der Waals surface area contributed by atoms with Crippen molar-refractivity contribution in [3.8, 4) is 11.5 Å². The minimum absolute atomic E-state index is 0.106. The van der Waals surface area contributed by atoms with Crippen LogP contribution < -0.4 is 0 Å². The Morgan fingerprint density at radius 3 is 2.64 bits per heavy atom. The van der Waals surface area contributed by atoms with Crippen molar-refractivity contribution in [1.29, 1.82) is 0 Å². The van der Waals surface area contributed by atoms with Crippen LogP contribution in [0.1, 0.15) is 0 Å². The summed E-state index contributed by atoms with van der Waals surface area (Å²) in [6, 6.07) is 5.64. The average Bonchev–Trinajstić information content (AvgIpc) is 2.51. The van der Waals surface area contributed by atoms with Crippen LogP contribution in [0.3, 0.4) is 0 Å². The standard InChI is InChI=1S/C8H3Br2ClN2O/c9-4-1-2-5(6(10)3-4)7-12-8(11)13-14-7/h1-3H. The van der Waals surface area contributed by atoms with Gasteiger partial charge in [0.1, 0.15) is 0 Å². The second-order valence-corrected chi connectivity index (χ2v) is 4.60. The predicted octanol–water partition coefficient (Wildman–Crippen LogP) is 3.92. The summed E-state index contributed by atoms with van der Waals surface area (Å²) in [5.74, 6) is 0.398. The third-order valence-corrected chi connectivity index (χ3v) is 2.87. The molecule has 0 aliphatic heterocycles. The topological polar surface area (TPSA) is 38.9 Å². The zero-order chi connectivity index (χ0) is 10.1. The Morgan fingerprint density at radius 2 is 2.07 bits per heavy atom. The van der Waals surface area contributed by atoms with Crippen molar-refractivity contribution in [3.63, 3.8) is 0 Å². The van der Waals surface area contributed by atoms with Crippen LogP contribution in [-0.4, -0.2) is 10.1 Å². The van der Waals surface area contributed by atoms with Crippen molar-refractivity contribution in [2.75, 3.05) is 0 Å². The van der Waals surface area contributed by atoms with Crippen molar-refractivity contribution in [3.05, 3.63) is 32.4 Å². The second-order valence-electron chi connectivity index (χ2n) is 2.49. The minimum atomic E-state index is 0.106. The highest BCUT2D eigenvalue weighted by molar-refractivity contribution is 9.11. The molecule has 0 fully saturated rings. The van der Waals surface area contributed by atoms with Gasteiger partial charge in [-0.2, -0.15) is 4.98 Å². The van der Waals surface area contributed by atoms with Crippen LogP contribution in [0.2, 0.25) is 5.28 Å². The summed E-state index contributed by atoms with van der Waals surface area (Å²) in [5, 5.41) is 3.61. The minimum Gasteiger partial charge on any atom is -0.333 e. The highest BCUT2D eigenvalue weighted by atomic mass is 79.9. The highest BCUT2D eigenvalue weighted by Crippen LogP contribution is 2.29. The number of hydrogen-bond donors (Lipinski definition) is 0. The van der Waals surface area contributed by atoms with Crippen molar-refractivity contribution < 1.29 is 4.52 Å². The van der Waals surface area contributed by atoms with Crippen LogP contribution >= 0.6 is 43.5 Å². The zero-order valence-corrected chi connectivity index (χ0v) is 10.6. The van der Waals surface area contributed by atoms with Crippen molar-refractivity contribution >= 4 is 43.5 Å². The van der Waals surface area contributed by atoms with Crippen molar-refractivity contribution in [2.24, 2.45) is 0 Å². The number of rotatable bonds is 1. The molecule has 0 spiro atoms. The molecular formula is C8H3Br2ClN2O. The maximum absolute atomic E-state index is 5.55. The van der Waals surface area contributed by atoms with E-state index in [1.165, 1.54) is 0 Å². The van der Waals surface area contributed by atoms with Gasteiger partial charge < -0.3 is 4.52 Å². The third kappa shape index (κ3) is 1.99. The number of halogens is 3. The molecule has 3 nitrogen and oxygen atoms in total. The van der Waals surface area contributed by atoms with E-state index in [9.17, 15) is 0 Å². The Morgan fingerprint density at radius 1 is 1.29 bits per heavy atom. The predicted molar refractivity (Wildman–Crippen MR) is 60.1 cm³/mol. The molecule has 0 saturated carbocycles. The van der Waals surface area contributed by atoms with Crippen molar-refractivity contribution in [1.82, 2.24) is 10.1 Å². The molecule has 2 rings (SSSR count). The molecule has 2 aromatic rings. The van der Waals surface area contributed by atoms with E-state index in [0.717, 1.165) is 14.5 Å². The quantitative estimate of drug-likeness (QED) is 0.791. The normalized spacial score (nSPS) is 10.5. The maximum Gasteiger partial charge on any atom is 0.264 e. The summed E-state index contributed by atoms with van der Waals surface area (Å²) >= 11 is 12.3. The van der Waals surface area contributed by atoms with Gasteiger partial charge >= 0.3 is 0 Å². The molecule has 0 radical (unpaired) electrons. The molecule has 6 heteroatoms. The first-order valence-corrected chi connectivity index (χ1v) is 5.58. The fraction of sp³-hybridized carbons (Fsp3) is 0. The van der Waals surface area contributed by atoms with E-state index in [-0.39, 0.29) is 5.28 Å². The summed E-state index contributed by atoms with van der Waals surface area (Å²) in [5.41, 5.74) is 0.813. The summed E-state index contributed by atoms with van der Waals surface area (Å²) < 4.78 is 6.77. The monoisotopic (exact) mass is 336 g/mol. The van der Waals surface area contributed by atoms with E-state index in [1.807, 2.05) is 18.2 Å². The van der Waals surface area contributed by atoms with E-state index in [1.54, 1.807) is 0 Å². The van der Waals surface area contributed by atoms with Gasteiger partial charge in [-0.05, 0) is 50.9 Å². The Labute approximate surface area is 102 Å². The third-order valence-electron chi connectivity index (χ3n) is 1.56. The second kappa shape index (κ2) is 4.00. The Bertz CT molecular complexity index is 472. The zero-order valence-electron chi connectivity index (χ0n) is 6.67. The number of benzene rings is 1. The number of aromatic nitrogens is 2. The van der Waals surface area contributed by atoms with Gasteiger partial charge in [0.15, 0.2) is 0 Å². The van der Waals surface area contributed by atoms with Gasteiger partial charge in [0.2, 0.25) is 0 Å². The van der Waals surface area contributed by atoms with E-state index in [2.05, 4.69) is 42.0 Å². The van der Waals surface area contributed by atoms with E-state index in [4.69, 9.17) is 16.1 Å². The molecule has 0 aliphatic rings. The smallest absolute Gasteiger partial charge is 0.264 e. The Hall–Kier alpha value is -0.390. The highest BCUT2D eigenvalue weighted by Gasteiger charge is 2.10. The summed E-state index contributed by atoms with van der Waals surface area (Å²) in [4.78, 5) is 3.91. The molecule has 14 heavy (non-hydrogen) atoms. The largest absolute Gasteiger partial charge is 0.333 e. The van der Waals surface area contributed by atoms with Crippen LogP contribution in [0, 0.1) is 0 Å². The van der Waals surface area contributed by atoms with Crippen LogP contribution in [-0.2, 0) is 0 Å². The molecular weight excluding hydrogens is 335 g/mol. The van der Waals surface area contributed by atoms with Gasteiger partial charge in [0.25, 0.3) is 11.2 Å². The molecule has 0 unspecified atom stereocenters. The molecule has 0 atom stereocenters. The molecule has 72 valence electrons. The van der Waals surface area contributed by atoms with E-state index >= 15 is 0 Å². The van der Waals surface area contributed by atoms with Crippen LogP contribution in [0.4, 0.5) is 0 Å². The molecule has 1 heterocycles. The Kier molecular flexibility index (Phi) is 2.90. The molecule has 0 amide bonds. The maximum atomic E-state index is 5.55. The van der Waals surface area contributed by atoms with E-state index in [0.29, 0.717) is 5.89 Å². The Balaban J connectivity index is 2.52. The van der Waals surface area contributed by atoms with Gasteiger partial charge in [-0.3, -0.25) is 0 Å². The van der Waals surface area contributed by atoms with Crippen molar-refractivity contribution in [2.45, 2.75) is 0 Å². The van der Waals surface area contributed by atoms with Gasteiger partial charge in [0.05, 0.1) is 5.56 Å². The lowest BCUT2D eigenvalue weighted by molar-refractivity contribution is 0.430. The molecule has 1 aromatic carbocycles. The van der Waals surface area contributed by atoms with Crippen LogP contribution in [0.25, 0.3) is 11.5 Å². The molecule has 0 bridgehead atoms. The van der Waals surface area contributed by atoms with Gasteiger partial charge in [-0.1, -0.05) is 15.9 Å². The molecule has 0 N–H and O–H groups in total. The first kappa shape index (κ1) is 10.1. The summed E-state index contributed by atoms with van der Waals surface area (Å²) in [7, 11) is 0. The first-order valence-electron chi connectivity index (χ1n) is 3.61. The lowest BCUT2D eigenvalue weighted by atomic mass is 10.2. The fourth-order valence-electron chi connectivity index (χ4n) is 0.978. The van der Waals surface area contributed by atoms with Gasteiger partial charge in [-0.25, -0.2) is 0 Å². The lowest BCUT2D eigenvalue weighted by Gasteiger charge is -1.98.